The Hall–Kier alpha value is -1.92. The number of carboxylic acids is 1. The van der Waals surface area contributed by atoms with Crippen molar-refractivity contribution >= 4 is 5.97 Å². The van der Waals surface area contributed by atoms with Crippen LogP contribution in [0.1, 0.15) is 96.8 Å². The van der Waals surface area contributed by atoms with E-state index >= 15 is 0 Å². The third kappa shape index (κ3) is 17.3. The van der Waals surface area contributed by atoms with E-state index in [4.69, 9.17) is 5.11 Å². The number of hydrogen-bond acceptors (Lipinski definition) is 3. The predicted octanol–water partition coefficient (Wildman–Crippen LogP) is 4.75. The van der Waals surface area contributed by atoms with Gasteiger partial charge in [0.1, 0.15) is 0 Å². The molecule has 0 aliphatic carbocycles. The number of carbonyl (C=O) groups is 1. The smallest absolute Gasteiger partial charge is 0.325 e. The summed E-state index contributed by atoms with van der Waals surface area (Å²) >= 11 is 0. The van der Waals surface area contributed by atoms with Crippen molar-refractivity contribution in [2.24, 2.45) is 0 Å². The number of aromatic amines is 2. The van der Waals surface area contributed by atoms with Gasteiger partial charge in [-0.05, 0) is 6.42 Å². The van der Waals surface area contributed by atoms with Crippen molar-refractivity contribution in [2.75, 3.05) is 0 Å². The van der Waals surface area contributed by atoms with Crippen LogP contribution in [0.4, 0.5) is 4.39 Å². The Morgan fingerprint density at radius 2 is 1.33 bits per heavy atom. The molecule has 0 aliphatic heterocycles. The number of carboxylic acid groups (broad SMARTS) is 1. The number of unbranched alkanes of at least 4 members (excludes halogenated alkanes) is 12. The lowest BCUT2D eigenvalue weighted by molar-refractivity contribution is -0.137. The molecular formula is C20H35FN2O4. The van der Waals surface area contributed by atoms with Crippen molar-refractivity contribution < 1.29 is 14.3 Å². The highest BCUT2D eigenvalue weighted by Gasteiger charge is 1.97. The molecule has 3 N–H and O–H groups in total. The van der Waals surface area contributed by atoms with Crippen molar-refractivity contribution in [3.8, 4) is 0 Å². The molecule has 6 nitrogen and oxygen atoms in total. The molecule has 0 saturated heterocycles. The Morgan fingerprint density at radius 3 is 1.70 bits per heavy atom. The third-order valence-corrected chi connectivity index (χ3v) is 4.27. The van der Waals surface area contributed by atoms with Crippen LogP contribution in [0.2, 0.25) is 0 Å². The van der Waals surface area contributed by atoms with Crippen LogP contribution in [0.3, 0.4) is 0 Å². The Bertz CT molecular complexity index is 598. The van der Waals surface area contributed by atoms with E-state index in [-0.39, 0.29) is 0 Å². The average molecular weight is 387 g/mol. The van der Waals surface area contributed by atoms with Crippen molar-refractivity contribution in [3.05, 3.63) is 32.9 Å². The van der Waals surface area contributed by atoms with Gasteiger partial charge in [-0.15, -0.1) is 0 Å². The van der Waals surface area contributed by atoms with E-state index in [1.54, 1.807) is 4.98 Å². The molecule has 156 valence electrons. The summed E-state index contributed by atoms with van der Waals surface area (Å²) < 4.78 is 12.0. The molecule has 0 atom stereocenters. The van der Waals surface area contributed by atoms with E-state index in [2.05, 4.69) is 6.92 Å². The number of nitrogens with one attached hydrogen (secondary N) is 2. The van der Waals surface area contributed by atoms with Gasteiger partial charge in [-0.25, -0.2) is 4.79 Å². The highest BCUT2D eigenvalue weighted by molar-refractivity contribution is 5.66. The van der Waals surface area contributed by atoms with Gasteiger partial charge in [0.05, 0.1) is 0 Å². The minimum Gasteiger partial charge on any atom is -0.481 e. The Morgan fingerprint density at radius 1 is 0.889 bits per heavy atom. The van der Waals surface area contributed by atoms with Gasteiger partial charge < -0.3 is 10.1 Å². The molecule has 0 fully saturated rings. The summed E-state index contributed by atoms with van der Waals surface area (Å²) in [6.45, 7) is 2.26. The van der Waals surface area contributed by atoms with Crippen molar-refractivity contribution in [3.63, 3.8) is 0 Å². The Balaban J connectivity index is 0.000000621. The molecule has 0 bridgehead atoms. The quantitative estimate of drug-likeness (QED) is 0.401. The molecule has 0 amide bonds. The van der Waals surface area contributed by atoms with Crippen LogP contribution in [-0.2, 0) is 4.79 Å². The van der Waals surface area contributed by atoms with Gasteiger partial charge in [-0.3, -0.25) is 14.6 Å². The molecule has 0 radical (unpaired) electrons. The molecule has 1 aromatic rings. The zero-order valence-electron chi connectivity index (χ0n) is 16.5. The highest BCUT2D eigenvalue weighted by Crippen LogP contribution is 2.12. The SMILES string of the molecule is CCCCCCCCCCCCCCCC(=O)O.O=c1[nH]cc(F)c(=O)[nH]1. The fourth-order valence-corrected chi connectivity index (χ4v) is 2.69. The van der Waals surface area contributed by atoms with Gasteiger partial charge in [0, 0.05) is 12.6 Å². The molecule has 0 saturated carbocycles. The third-order valence-electron chi connectivity index (χ3n) is 4.27. The van der Waals surface area contributed by atoms with E-state index in [0.717, 1.165) is 12.8 Å². The first-order chi connectivity index (χ1) is 13.0. The molecule has 1 aromatic heterocycles. The second-order valence-corrected chi connectivity index (χ2v) is 6.81. The summed E-state index contributed by atoms with van der Waals surface area (Å²) in [6, 6.07) is 0. The fourth-order valence-electron chi connectivity index (χ4n) is 2.69. The van der Waals surface area contributed by atoms with Crippen LogP contribution in [-0.4, -0.2) is 21.0 Å². The number of hydrogen-bond donors (Lipinski definition) is 3. The van der Waals surface area contributed by atoms with Crippen molar-refractivity contribution in [1.29, 1.82) is 0 Å². The molecule has 0 spiro atoms. The molecule has 0 aliphatic rings. The maximum Gasteiger partial charge on any atom is 0.325 e. The average Bonchev–Trinajstić information content (AvgIpc) is 2.63. The fraction of sp³-hybridized carbons (Fsp3) is 0.750. The Labute approximate surface area is 160 Å². The molecule has 1 heterocycles. The first-order valence-electron chi connectivity index (χ1n) is 10.2. The van der Waals surface area contributed by atoms with E-state index in [0.29, 0.717) is 12.6 Å². The van der Waals surface area contributed by atoms with Crippen LogP contribution < -0.4 is 11.2 Å². The first kappa shape index (κ1) is 25.1. The number of H-pyrrole nitrogens is 2. The van der Waals surface area contributed by atoms with Gasteiger partial charge >= 0.3 is 11.7 Å². The van der Waals surface area contributed by atoms with Gasteiger partial charge in [-0.1, -0.05) is 84.0 Å². The normalized spacial score (nSPS) is 10.3. The molecule has 27 heavy (non-hydrogen) atoms. The van der Waals surface area contributed by atoms with Gasteiger partial charge in [0.2, 0.25) is 5.82 Å². The predicted molar refractivity (Wildman–Crippen MR) is 106 cm³/mol. The van der Waals surface area contributed by atoms with Gasteiger partial charge in [0.15, 0.2) is 0 Å². The number of halogens is 1. The lowest BCUT2D eigenvalue weighted by Crippen LogP contribution is -2.23. The number of rotatable bonds is 14. The van der Waals surface area contributed by atoms with E-state index < -0.39 is 23.0 Å². The first-order valence-corrected chi connectivity index (χ1v) is 10.2. The molecule has 1 rings (SSSR count). The van der Waals surface area contributed by atoms with E-state index in [9.17, 15) is 18.8 Å². The van der Waals surface area contributed by atoms with E-state index in [1.807, 2.05) is 4.98 Å². The monoisotopic (exact) mass is 386 g/mol. The van der Waals surface area contributed by atoms with Crippen LogP contribution in [0.15, 0.2) is 15.8 Å². The maximum atomic E-state index is 12.0. The van der Waals surface area contributed by atoms with Crippen molar-refractivity contribution in [2.45, 2.75) is 96.8 Å². The minimum atomic E-state index is -1.00. The van der Waals surface area contributed by atoms with Crippen LogP contribution in [0.25, 0.3) is 0 Å². The topological polar surface area (TPSA) is 103 Å². The molecular weight excluding hydrogens is 351 g/mol. The van der Waals surface area contributed by atoms with Crippen LogP contribution in [0, 0.1) is 5.82 Å². The molecule has 0 unspecified atom stereocenters. The summed E-state index contributed by atoms with van der Waals surface area (Å²) in [5, 5.41) is 8.49. The second kappa shape index (κ2) is 17.5. The second-order valence-electron chi connectivity index (χ2n) is 6.81. The van der Waals surface area contributed by atoms with Crippen LogP contribution >= 0.6 is 0 Å². The minimum absolute atomic E-state index is 0.345. The molecule has 7 heteroatoms. The summed E-state index contributed by atoms with van der Waals surface area (Å²) in [4.78, 5) is 34.3. The molecule has 0 aromatic carbocycles. The van der Waals surface area contributed by atoms with E-state index in [1.165, 1.54) is 70.6 Å². The standard InChI is InChI=1S/C16H32O2.C4H3FN2O2/c1-2-3-4-5-6-7-8-9-10-11-12-13-14-15-16(17)18;5-2-1-6-4(9)7-3(2)8/h2-15H2,1H3,(H,17,18);1H,(H2,6,7,8,9). The summed E-state index contributed by atoms with van der Waals surface area (Å²) in [6.07, 6.45) is 18.0. The maximum absolute atomic E-state index is 12.0. The zero-order valence-corrected chi connectivity index (χ0v) is 16.5. The van der Waals surface area contributed by atoms with Gasteiger partial charge in [0.25, 0.3) is 5.56 Å². The highest BCUT2D eigenvalue weighted by atomic mass is 19.1. The lowest BCUT2D eigenvalue weighted by atomic mass is 10.0. The van der Waals surface area contributed by atoms with Crippen molar-refractivity contribution in [1.82, 2.24) is 9.97 Å². The lowest BCUT2D eigenvalue weighted by Gasteiger charge is -2.02. The largest absolute Gasteiger partial charge is 0.481 e. The number of aromatic nitrogens is 2. The zero-order chi connectivity index (χ0) is 20.3. The van der Waals surface area contributed by atoms with Gasteiger partial charge in [-0.2, -0.15) is 4.39 Å². The summed E-state index contributed by atoms with van der Waals surface area (Å²) in [7, 11) is 0. The van der Waals surface area contributed by atoms with Crippen LogP contribution in [0.5, 0.6) is 0 Å². The Kier molecular flexibility index (Phi) is 16.2. The number of aliphatic carboxylic acids is 1. The summed E-state index contributed by atoms with van der Waals surface area (Å²) in [5.41, 5.74) is -1.71. The summed E-state index contributed by atoms with van der Waals surface area (Å²) in [5.74, 6) is -1.65.